The molecule has 9 nitrogen and oxygen atoms in total. The van der Waals surface area contributed by atoms with Crippen LogP contribution in [-0.4, -0.2) is 74.8 Å². The number of anilines is 3. The van der Waals surface area contributed by atoms with Crippen molar-refractivity contribution in [1.29, 1.82) is 0 Å². The van der Waals surface area contributed by atoms with Gasteiger partial charge in [0.1, 0.15) is 11.4 Å². The number of aliphatic hydroxyl groups is 1. The number of hydrogen-bond acceptors (Lipinski definition) is 8. The minimum Gasteiger partial charge on any atom is -0.494 e. The number of benzene rings is 1. The fourth-order valence-corrected chi connectivity index (χ4v) is 4.64. The van der Waals surface area contributed by atoms with E-state index in [1.165, 1.54) is 0 Å². The van der Waals surface area contributed by atoms with Gasteiger partial charge in [0.05, 0.1) is 37.0 Å². The quantitative estimate of drug-likeness (QED) is 0.407. The summed E-state index contributed by atoms with van der Waals surface area (Å²) >= 11 is 0. The highest BCUT2D eigenvalue weighted by Crippen LogP contribution is 2.33. The lowest BCUT2D eigenvalue weighted by Crippen LogP contribution is -2.56. The molecule has 1 aliphatic rings. The maximum absolute atomic E-state index is 9.69. The molecule has 5 rings (SSSR count). The molecule has 9 heteroatoms. The Morgan fingerprint density at radius 1 is 1.06 bits per heavy atom. The molecule has 0 saturated carbocycles. The van der Waals surface area contributed by atoms with E-state index in [0.29, 0.717) is 5.95 Å². The van der Waals surface area contributed by atoms with Gasteiger partial charge in [-0.3, -0.25) is 9.30 Å². The molecule has 1 aromatic carbocycles. The molecule has 188 valence electrons. The van der Waals surface area contributed by atoms with Gasteiger partial charge >= 0.3 is 0 Å². The lowest BCUT2D eigenvalue weighted by molar-refractivity contribution is 0.0527. The summed E-state index contributed by atoms with van der Waals surface area (Å²) in [6.45, 7) is 9.91. The normalized spacial score (nSPS) is 14.9. The predicted molar refractivity (Wildman–Crippen MR) is 142 cm³/mol. The van der Waals surface area contributed by atoms with Gasteiger partial charge in [0.15, 0.2) is 0 Å². The third-order valence-electron chi connectivity index (χ3n) is 6.95. The Morgan fingerprint density at radius 3 is 2.61 bits per heavy atom. The van der Waals surface area contributed by atoms with Gasteiger partial charge in [0, 0.05) is 55.9 Å². The van der Waals surface area contributed by atoms with Crippen LogP contribution in [0, 0.1) is 6.92 Å². The molecule has 0 unspecified atom stereocenters. The van der Waals surface area contributed by atoms with E-state index in [2.05, 4.69) is 51.1 Å². The second-order valence-electron chi connectivity index (χ2n) is 9.75. The van der Waals surface area contributed by atoms with E-state index in [4.69, 9.17) is 9.72 Å². The largest absolute Gasteiger partial charge is 0.494 e. The average Bonchev–Trinajstić information content (AvgIpc) is 3.34. The van der Waals surface area contributed by atoms with Crippen LogP contribution in [0.2, 0.25) is 0 Å². The standard InChI is InChI=1S/C27H33N7O2/c1-19-16-29-26(31-25(19)22-17-28-24-7-5-6-10-34(22)24)30-21-9-8-20(15-23(21)36-4)32-11-13-33(14-12-32)27(2,3)18-35/h5-10,15-17,35H,11-14,18H2,1-4H3,(H,29,30,31). The Hall–Kier alpha value is -3.69. The monoisotopic (exact) mass is 487 g/mol. The molecule has 4 heterocycles. The van der Waals surface area contributed by atoms with Gasteiger partial charge in [-0.25, -0.2) is 15.0 Å². The molecule has 2 N–H and O–H groups in total. The van der Waals surface area contributed by atoms with Crippen LogP contribution in [0.25, 0.3) is 17.0 Å². The van der Waals surface area contributed by atoms with Crippen molar-refractivity contribution in [2.75, 3.05) is 50.1 Å². The van der Waals surface area contributed by atoms with Gasteiger partial charge in [-0.05, 0) is 50.6 Å². The summed E-state index contributed by atoms with van der Waals surface area (Å²) in [5.74, 6) is 1.22. The smallest absolute Gasteiger partial charge is 0.227 e. The Kier molecular flexibility index (Phi) is 6.51. The summed E-state index contributed by atoms with van der Waals surface area (Å²) < 4.78 is 7.75. The lowest BCUT2D eigenvalue weighted by atomic mass is 10.0. The maximum atomic E-state index is 9.69. The zero-order chi connectivity index (χ0) is 25.3. The molecule has 0 bridgehead atoms. The number of methoxy groups -OCH3 is 1. The SMILES string of the molecule is COc1cc(N2CCN(C(C)(C)CO)CC2)ccc1Nc1ncc(C)c(-c2cnc3ccccn23)n1. The number of fused-ring (bicyclic) bond motifs is 1. The van der Waals surface area contributed by atoms with Crippen LogP contribution in [0.3, 0.4) is 0 Å². The predicted octanol–water partition coefficient (Wildman–Crippen LogP) is 3.74. The number of piperazine rings is 1. The fourth-order valence-electron chi connectivity index (χ4n) is 4.64. The third-order valence-corrected chi connectivity index (χ3v) is 6.95. The average molecular weight is 488 g/mol. The molecule has 1 fully saturated rings. The number of nitrogens with one attached hydrogen (secondary N) is 1. The topological polar surface area (TPSA) is 91.0 Å². The van der Waals surface area contributed by atoms with Crippen molar-refractivity contribution in [1.82, 2.24) is 24.3 Å². The summed E-state index contributed by atoms with van der Waals surface area (Å²) in [5.41, 5.74) is 5.29. The van der Waals surface area contributed by atoms with Gasteiger partial charge in [0.2, 0.25) is 5.95 Å². The van der Waals surface area contributed by atoms with Gasteiger partial charge in [-0.2, -0.15) is 0 Å². The number of aromatic nitrogens is 4. The van der Waals surface area contributed by atoms with Crippen LogP contribution in [0.5, 0.6) is 5.75 Å². The molecule has 1 saturated heterocycles. The molecule has 0 spiro atoms. The molecule has 4 aromatic rings. The summed E-state index contributed by atoms with van der Waals surface area (Å²) in [6, 6.07) is 12.1. The first-order valence-electron chi connectivity index (χ1n) is 12.2. The van der Waals surface area contributed by atoms with Crippen LogP contribution >= 0.6 is 0 Å². The van der Waals surface area contributed by atoms with E-state index in [-0.39, 0.29) is 12.1 Å². The van der Waals surface area contributed by atoms with E-state index < -0.39 is 0 Å². The number of aryl methyl sites for hydroxylation is 1. The zero-order valence-corrected chi connectivity index (χ0v) is 21.3. The van der Waals surface area contributed by atoms with Crippen LogP contribution in [0.1, 0.15) is 19.4 Å². The first-order valence-corrected chi connectivity index (χ1v) is 12.2. The summed E-state index contributed by atoms with van der Waals surface area (Å²) in [5, 5.41) is 13.0. The molecule has 0 radical (unpaired) electrons. The zero-order valence-electron chi connectivity index (χ0n) is 21.3. The maximum Gasteiger partial charge on any atom is 0.227 e. The molecule has 0 atom stereocenters. The van der Waals surface area contributed by atoms with Crippen molar-refractivity contribution in [3.8, 4) is 17.1 Å². The third kappa shape index (κ3) is 4.59. The molecule has 0 aliphatic carbocycles. The van der Waals surface area contributed by atoms with Crippen LogP contribution in [0.15, 0.2) is 55.0 Å². The minimum absolute atomic E-state index is 0.154. The van der Waals surface area contributed by atoms with E-state index >= 15 is 0 Å². The molecule has 3 aromatic heterocycles. The highest BCUT2D eigenvalue weighted by Gasteiger charge is 2.29. The Balaban J connectivity index is 1.36. The van der Waals surface area contributed by atoms with Crippen molar-refractivity contribution in [2.45, 2.75) is 26.3 Å². The Morgan fingerprint density at radius 2 is 1.86 bits per heavy atom. The second-order valence-corrected chi connectivity index (χ2v) is 9.75. The molecular weight excluding hydrogens is 454 g/mol. The summed E-state index contributed by atoms with van der Waals surface area (Å²) in [6.07, 6.45) is 5.64. The summed E-state index contributed by atoms with van der Waals surface area (Å²) in [7, 11) is 1.67. The molecular formula is C27H33N7O2. The van der Waals surface area contributed by atoms with Crippen molar-refractivity contribution in [3.63, 3.8) is 0 Å². The van der Waals surface area contributed by atoms with Crippen LogP contribution in [-0.2, 0) is 0 Å². The van der Waals surface area contributed by atoms with E-state index in [9.17, 15) is 5.11 Å². The van der Waals surface area contributed by atoms with Crippen LogP contribution in [0.4, 0.5) is 17.3 Å². The summed E-state index contributed by atoms with van der Waals surface area (Å²) in [4.78, 5) is 18.5. The van der Waals surface area contributed by atoms with Crippen molar-refractivity contribution >= 4 is 23.0 Å². The number of aliphatic hydroxyl groups excluding tert-OH is 1. The van der Waals surface area contributed by atoms with E-state index in [1.54, 1.807) is 7.11 Å². The highest BCUT2D eigenvalue weighted by atomic mass is 16.5. The number of hydrogen-bond donors (Lipinski definition) is 2. The Labute approximate surface area is 211 Å². The Bertz CT molecular complexity index is 1360. The minimum atomic E-state index is -0.201. The number of nitrogens with zero attached hydrogens (tertiary/aromatic N) is 6. The molecule has 0 amide bonds. The van der Waals surface area contributed by atoms with E-state index in [1.807, 2.05) is 54.2 Å². The first-order chi connectivity index (χ1) is 17.4. The van der Waals surface area contributed by atoms with Gasteiger partial charge in [-0.15, -0.1) is 0 Å². The lowest BCUT2D eigenvalue weighted by Gasteiger charge is -2.44. The second kappa shape index (κ2) is 9.75. The first kappa shape index (κ1) is 24.0. The number of ether oxygens (including phenoxy) is 1. The van der Waals surface area contributed by atoms with Gasteiger partial charge in [-0.1, -0.05) is 6.07 Å². The van der Waals surface area contributed by atoms with E-state index in [0.717, 1.165) is 65.9 Å². The highest BCUT2D eigenvalue weighted by molar-refractivity contribution is 5.70. The van der Waals surface area contributed by atoms with Crippen LogP contribution < -0.4 is 15.0 Å². The molecule has 1 aliphatic heterocycles. The molecule has 36 heavy (non-hydrogen) atoms. The van der Waals surface area contributed by atoms with Gasteiger partial charge < -0.3 is 20.1 Å². The van der Waals surface area contributed by atoms with Gasteiger partial charge in [0.25, 0.3) is 0 Å². The fraction of sp³-hybridized carbons (Fsp3) is 0.370. The van der Waals surface area contributed by atoms with Crippen molar-refractivity contribution in [3.05, 3.63) is 60.6 Å². The van der Waals surface area contributed by atoms with Crippen molar-refractivity contribution in [2.24, 2.45) is 0 Å². The number of rotatable bonds is 7. The number of imidazole rings is 1. The van der Waals surface area contributed by atoms with Crippen molar-refractivity contribution < 1.29 is 9.84 Å². The number of pyridine rings is 1.